The minimum absolute atomic E-state index is 0.187. The van der Waals surface area contributed by atoms with Crippen LogP contribution in [0.1, 0.15) is 5.69 Å². The second-order valence-corrected chi connectivity index (χ2v) is 4.05. The highest BCUT2D eigenvalue weighted by Crippen LogP contribution is 2.37. The molecule has 0 spiro atoms. The first-order chi connectivity index (χ1) is 7.13. The Morgan fingerprint density at radius 1 is 1.40 bits per heavy atom. The van der Waals surface area contributed by atoms with Gasteiger partial charge in [-0.2, -0.15) is 0 Å². The third kappa shape index (κ3) is 1.65. The second-order valence-electron chi connectivity index (χ2n) is 3.26. The highest BCUT2D eigenvalue weighted by Gasteiger charge is 2.10. The summed E-state index contributed by atoms with van der Waals surface area (Å²) in [5.41, 5.74) is 1.69. The fourth-order valence-corrected chi connectivity index (χ4v) is 2.06. The molecule has 0 aliphatic heterocycles. The van der Waals surface area contributed by atoms with E-state index in [1.54, 1.807) is 19.2 Å². The van der Waals surface area contributed by atoms with Crippen molar-refractivity contribution in [1.29, 1.82) is 0 Å². The van der Waals surface area contributed by atoms with E-state index in [2.05, 4.69) is 20.9 Å². The maximum atomic E-state index is 9.58. The summed E-state index contributed by atoms with van der Waals surface area (Å²) in [5.74, 6) is 0.895. The molecule has 15 heavy (non-hydrogen) atoms. The van der Waals surface area contributed by atoms with Gasteiger partial charge >= 0.3 is 0 Å². The van der Waals surface area contributed by atoms with E-state index in [0.717, 1.165) is 16.6 Å². The molecule has 2 rings (SSSR count). The van der Waals surface area contributed by atoms with Crippen molar-refractivity contribution < 1.29 is 9.84 Å². The van der Waals surface area contributed by atoms with E-state index in [0.29, 0.717) is 10.2 Å². The predicted molar refractivity (Wildman–Crippen MR) is 62.4 cm³/mol. The number of nitrogens with zero attached hydrogens (tertiary/aromatic N) is 1. The number of aromatic hydroxyl groups is 1. The van der Waals surface area contributed by atoms with Crippen molar-refractivity contribution in [2.75, 3.05) is 7.11 Å². The Balaban J connectivity index is 2.91. The monoisotopic (exact) mass is 267 g/mol. The summed E-state index contributed by atoms with van der Waals surface area (Å²) in [6, 6.07) is 5.22. The number of ether oxygens (including phenoxy) is 1. The topological polar surface area (TPSA) is 42.4 Å². The lowest BCUT2D eigenvalue weighted by Crippen LogP contribution is -1.91. The summed E-state index contributed by atoms with van der Waals surface area (Å²) in [6.07, 6.45) is 0. The van der Waals surface area contributed by atoms with Gasteiger partial charge < -0.3 is 9.84 Å². The molecule has 1 aromatic carbocycles. The van der Waals surface area contributed by atoms with Crippen molar-refractivity contribution in [3.8, 4) is 11.5 Å². The van der Waals surface area contributed by atoms with E-state index in [-0.39, 0.29) is 5.75 Å². The third-order valence-electron chi connectivity index (χ3n) is 2.20. The fraction of sp³-hybridized carbons (Fsp3) is 0.182. The van der Waals surface area contributed by atoms with Crippen LogP contribution in [0, 0.1) is 6.92 Å². The van der Waals surface area contributed by atoms with Crippen LogP contribution in [0.15, 0.2) is 22.7 Å². The van der Waals surface area contributed by atoms with Crippen molar-refractivity contribution in [2.45, 2.75) is 6.92 Å². The first kappa shape index (κ1) is 10.2. The van der Waals surface area contributed by atoms with E-state index in [1.165, 1.54) is 0 Å². The molecule has 0 aliphatic carbocycles. The highest BCUT2D eigenvalue weighted by atomic mass is 79.9. The van der Waals surface area contributed by atoms with Crippen molar-refractivity contribution in [3.05, 3.63) is 28.4 Å². The lowest BCUT2D eigenvalue weighted by atomic mass is 10.1. The van der Waals surface area contributed by atoms with Crippen molar-refractivity contribution in [1.82, 2.24) is 4.98 Å². The van der Waals surface area contributed by atoms with Crippen LogP contribution in [-0.4, -0.2) is 17.2 Å². The first-order valence-electron chi connectivity index (χ1n) is 4.46. The molecule has 0 saturated carbocycles. The van der Waals surface area contributed by atoms with Crippen molar-refractivity contribution in [3.63, 3.8) is 0 Å². The van der Waals surface area contributed by atoms with Gasteiger partial charge in [0.05, 0.1) is 22.5 Å². The van der Waals surface area contributed by atoms with Crippen LogP contribution in [-0.2, 0) is 0 Å². The largest absolute Gasteiger partial charge is 0.507 e. The van der Waals surface area contributed by atoms with Gasteiger partial charge in [0, 0.05) is 11.8 Å². The maximum Gasteiger partial charge on any atom is 0.131 e. The molecule has 0 amide bonds. The van der Waals surface area contributed by atoms with E-state index < -0.39 is 0 Å². The van der Waals surface area contributed by atoms with Crippen LogP contribution in [0.2, 0.25) is 0 Å². The number of hydrogen-bond donors (Lipinski definition) is 1. The number of pyridine rings is 1. The highest BCUT2D eigenvalue weighted by molar-refractivity contribution is 9.10. The number of aryl methyl sites for hydroxylation is 1. The van der Waals surface area contributed by atoms with E-state index in [4.69, 9.17) is 4.74 Å². The summed E-state index contributed by atoms with van der Waals surface area (Å²) >= 11 is 3.33. The normalized spacial score (nSPS) is 10.6. The lowest BCUT2D eigenvalue weighted by molar-refractivity contribution is 0.418. The van der Waals surface area contributed by atoms with Gasteiger partial charge in [0.25, 0.3) is 0 Å². The molecule has 1 aromatic heterocycles. The Labute approximate surface area is 95.8 Å². The summed E-state index contributed by atoms with van der Waals surface area (Å²) in [7, 11) is 1.60. The number of hydrogen-bond acceptors (Lipinski definition) is 3. The summed E-state index contributed by atoms with van der Waals surface area (Å²) in [4.78, 5) is 4.37. The average Bonchev–Trinajstić information content (AvgIpc) is 2.22. The molecule has 0 saturated heterocycles. The minimum atomic E-state index is 0.187. The van der Waals surface area contributed by atoms with Gasteiger partial charge in [-0.15, -0.1) is 0 Å². The number of aromatic nitrogens is 1. The molecule has 0 radical (unpaired) electrons. The molecular formula is C11H10BrNO2. The Morgan fingerprint density at radius 2 is 2.13 bits per heavy atom. The average molecular weight is 268 g/mol. The van der Waals surface area contributed by atoms with Gasteiger partial charge in [-0.1, -0.05) is 0 Å². The fourth-order valence-electron chi connectivity index (χ4n) is 1.53. The van der Waals surface area contributed by atoms with E-state index >= 15 is 0 Å². The number of methoxy groups -OCH3 is 1. The Morgan fingerprint density at radius 3 is 2.80 bits per heavy atom. The number of fused-ring (bicyclic) bond motifs is 1. The van der Waals surface area contributed by atoms with Crippen LogP contribution in [0.4, 0.5) is 0 Å². The molecule has 0 bridgehead atoms. The number of phenols is 1. The van der Waals surface area contributed by atoms with Gasteiger partial charge in [-0.3, -0.25) is 4.98 Å². The molecule has 78 valence electrons. The standard InChI is InChI=1S/C11H10BrNO2/c1-6-5-9(15-2)10-7(13-6)3-4-8(14)11(10)12/h3-5,14H,1-2H3. The molecule has 2 aromatic rings. The zero-order valence-electron chi connectivity index (χ0n) is 8.41. The Bertz CT molecular complexity index is 525. The molecule has 0 unspecified atom stereocenters. The molecule has 4 heteroatoms. The SMILES string of the molecule is COc1cc(C)nc2ccc(O)c(Br)c12. The number of rotatable bonds is 1. The zero-order valence-corrected chi connectivity index (χ0v) is 10.00. The zero-order chi connectivity index (χ0) is 11.0. The number of phenolic OH excluding ortho intramolecular Hbond substituents is 1. The van der Waals surface area contributed by atoms with Crippen molar-refractivity contribution in [2.24, 2.45) is 0 Å². The van der Waals surface area contributed by atoms with E-state index in [1.807, 2.05) is 13.0 Å². The summed E-state index contributed by atoms with van der Waals surface area (Å²) in [6.45, 7) is 1.91. The van der Waals surface area contributed by atoms with Crippen LogP contribution in [0.25, 0.3) is 10.9 Å². The predicted octanol–water partition coefficient (Wildman–Crippen LogP) is 3.02. The molecular weight excluding hydrogens is 258 g/mol. The first-order valence-corrected chi connectivity index (χ1v) is 5.25. The number of benzene rings is 1. The summed E-state index contributed by atoms with van der Waals surface area (Å²) < 4.78 is 5.88. The number of halogens is 1. The quantitative estimate of drug-likeness (QED) is 0.864. The van der Waals surface area contributed by atoms with Crippen LogP contribution < -0.4 is 4.74 Å². The molecule has 0 fully saturated rings. The van der Waals surface area contributed by atoms with E-state index in [9.17, 15) is 5.11 Å². The van der Waals surface area contributed by atoms with Gasteiger partial charge in [0.1, 0.15) is 11.5 Å². The maximum absolute atomic E-state index is 9.58. The molecule has 1 N–H and O–H groups in total. The molecule has 0 atom stereocenters. The third-order valence-corrected chi connectivity index (χ3v) is 3.01. The smallest absolute Gasteiger partial charge is 0.131 e. The molecule has 3 nitrogen and oxygen atoms in total. The van der Waals surface area contributed by atoms with Crippen LogP contribution in [0.3, 0.4) is 0 Å². The van der Waals surface area contributed by atoms with Gasteiger partial charge in [0.2, 0.25) is 0 Å². The summed E-state index contributed by atoms with van der Waals surface area (Å²) in [5, 5.41) is 10.4. The lowest BCUT2D eigenvalue weighted by Gasteiger charge is -2.09. The van der Waals surface area contributed by atoms with Crippen LogP contribution >= 0.6 is 15.9 Å². The minimum Gasteiger partial charge on any atom is -0.507 e. The Hall–Kier alpha value is -1.29. The van der Waals surface area contributed by atoms with Crippen LogP contribution in [0.5, 0.6) is 11.5 Å². The van der Waals surface area contributed by atoms with Gasteiger partial charge in [-0.25, -0.2) is 0 Å². The van der Waals surface area contributed by atoms with Gasteiger partial charge in [-0.05, 0) is 35.0 Å². The van der Waals surface area contributed by atoms with Gasteiger partial charge in [0.15, 0.2) is 0 Å². The van der Waals surface area contributed by atoms with Crippen molar-refractivity contribution >= 4 is 26.8 Å². The Kier molecular flexibility index (Phi) is 2.52. The second kappa shape index (κ2) is 3.70. The molecule has 1 heterocycles. The molecule has 0 aliphatic rings.